The molecule has 2 rings (SSSR count). The lowest BCUT2D eigenvalue weighted by molar-refractivity contribution is -0.138. The summed E-state index contributed by atoms with van der Waals surface area (Å²) in [5.74, 6) is -1.00. The first-order valence-corrected chi connectivity index (χ1v) is 7.14. The second-order valence-electron chi connectivity index (χ2n) is 6.47. The van der Waals surface area contributed by atoms with E-state index in [9.17, 15) is 9.59 Å². The number of nitrogens with one attached hydrogen (secondary N) is 1. The second-order valence-corrected chi connectivity index (χ2v) is 6.47. The molecule has 0 saturated heterocycles. The van der Waals surface area contributed by atoms with Crippen molar-refractivity contribution in [3.8, 4) is 0 Å². The molecule has 0 bridgehead atoms. The number of rotatable bonds is 3. The molecule has 2 amide bonds. The molecule has 0 fully saturated rings. The van der Waals surface area contributed by atoms with E-state index < -0.39 is 11.5 Å². The molecule has 1 aromatic rings. The Bertz CT molecular complexity index is 524. The van der Waals surface area contributed by atoms with E-state index in [1.807, 2.05) is 32.9 Å². The number of urea groups is 1. The van der Waals surface area contributed by atoms with E-state index >= 15 is 0 Å². The van der Waals surface area contributed by atoms with Crippen LogP contribution in [0.5, 0.6) is 0 Å². The molecular weight excluding hydrogens is 268 g/mol. The highest BCUT2D eigenvalue weighted by Crippen LogP contribution is 2.22. The molecule has 0 unspecified atom stereocenters. The lowest BCUT2D eigenvalue weighted by atomic mass is 10.1. The number of amides is 2. The van der Waals surface area contributed by atoms with Crippen molar-refractivity contribution in [1.82, 2.24) is 10.2 Å². The molecule has 2 N–H and O–H groups in total. The SMILES string of the molecule is CC(C)(C)N(CC(=O)O)C(=O)NC1Cc2ccccc2C1. The lowest BCUT2D eigenvalue weighted by Gasteiger charge is -2.35. The molecule has 0 aromatic heterocycles. The maximum atomic E-state index is 12.4. The number of hydrogen-bond donors (Lipinski definition) is 2. The Morgan fingerprint density at radius 2 is 1.76 bits per heavy atom. The van der Waals surface area contributed by atoms with Crippen LogP contribution >= 0.6 is 0 Å². The van der Waals surface area contributed by atoms with Gasteiger partial charge in [-0.2, -0.15) is 0 Å². The lowest BCUT2D eigenvalue weighted by Crippen LogP contribution is -2.54. The Morgan fingerprint density at radius 3 is 2.19 bits per heavy atom. The number of carboxylic acids is 1. The van der Waals surface area contributed by atoms with Gasteiger partial charge in [0.15, 0.2) is 0 Å². The first-order chi connectivity index (χ1) is 9.77. The molecule has 0 spiro atoms. The van der Waals surface area contributed by atoms with Crippen molar-refractivity contribution in [3.63, 3.8) is 0 Å². The normalized spacial score (nSPS) is 14.6. The second kappa shape index (κ2) is 5.76. The summed E-state index contributed by atoms with van der Waals surface area (Å²) in [7, 11) is 0. The van der Waals surface area contributed by atoms with Gasteiger partial charge in [0.2, 0.25) is 0 Å². The number of carbonyl (C=O) groups excluding carboxylic acids is 1. The summed E-state index contributed by atoms with van der Waals surface area (Å²) in [5.41, 5.74) is 1.97. The summed E-state index contributed by atoms with van der Waals surface area (Å²) in [6.45, 7) is 5.20. The Balaban J connectivity index is 2.02. The van der Waals surface area contributed by atoms with Crippen LogP contribution in [-0.4, -0.2) is 40.1 Å². The first-order valence-electron chi connectivity index (χ1n) is 7.14. The van der Waals surface area contributed by atoms with Gasteiger partial charge in [-0.25, -0.2) is 4.79 Å². The van der Waals surface area contributed by atoms with E-state index in [4.69, 9.17) is 5.11 Å². The molecule has 0 aliphatic heterocycles. The summed E-state index contributed by atoms with van der Waals surface area (Å²) in [5, 5.41) is 11.9. The number of fused-ring (bicyclic) bond motifs is 1. The van der Waals surface area contributed by atoms with Gasteiger partial charge < -0.3 is 15.3 Å². The quantitative estimate of drug-likeness (QED) is 0.895. The van der Waals surface area contributed by atoms with Gasteiger partial charge in [-0.3, -0.25) is 4.79 Å². The van der Waals surface area contributed by atoms with Crippen molar-refractivity contribution < 1.29 is 14.7 Å². The van der Waals surface area contributed by atoms with Crippen LogP contribution in [0.4, 0.5) is 4.79 Å². The van der Waals surface area contributed by atoms with Gasteiger partial charge >= 0.3 is 12.0 Å². The third-order valence-corrected chi connectivity index (χ3v) is 3.73. The molecule has 1 aliphatic rings. The minimum Gasteiger partial charge on any atom is -0.480 e. The van der Waals surface area contributed by atoms with Gasteiger partial charge in [0.05, 0.1) is 0 Å². The van der Waals surface area contributed by atoms with Crippen LogP contribution in [0.1, 0.15) is 31.9 Å². The van der Waals surface area contributed by atoms with Crippen LogP contribution < -0.4 is 5.32 Å². The van der Waals surface area contributed by atoms with Gasteiger partial charge in [-0.05, 0) is 44.7 Å². The predicted octanol–water partition coefficient (Wildman–Crippen LogP) is 2.05. The number of carbonyl (C=O) groups is 2. The molecule has 1 aromatic carbocycles. The molecule has 5 nitrogen and oxygen atoms in total. The van der Waals surface area contributed by atoms with Gasteiger partial charge in [0.25, 0.3) is 0 Å². The fourth-order valence-electron chi connectivity index (χ4n) is 2.66. The molecule has 0 saturated carbocycles. The van der Waals surface area contributed by atoms with Gasteiger partial charge in [-0.1, -0.05) is 24.3 Å². The number of hydrogen-bond acceptors (Lipinski definition) is 2. The van der Waals surface area contributed by atoms with Gasteiger partial charge in [0.1, 0.15) is 6.54 Å². The zero-order valence-corrected chi connectivity index (χ0v) is 12.7. The fraction of sp³-hybridized carbons (Fsp3) is 0.500. The number of nitrogens with zero attached hydrogens (tertiary/aromatic N) is 1. The number of benzene rings is 1. The molecule has 114 valence electrons. The van der Waals surface area contributed by atoms with Crippen molar-refractivity contribution in [2.75, 3.05) is 6.54 Å². The summed E-state index contributed by atoms with van der Waals surface area (Å²) < 4.78 is 0. The summed E-state index contributed by atoms with van der Waals surface area (Å²) >= 11 is 0. The Hall–Kier alpha value is -2.04. The Kier molecular flexibility index (Phi) is 4.21. The van der Waals surface area contributed by atoms with E-state index in [-0.39, 0.29) is 18.6 Å². The molecule has 21 heavy (non-hydrogen) atoms. The topological polar surface area (TPSA) is 69.6 Å². The molecule has 5 heteroatoms. The largest absolute Gasteiger partial charge is 0.480 e. The van der Waals surface area contributed by atoms with E-state index in [1.54, 1.807) is 0 Å². The third-order valence-electron chi connectivity index (χ3n) is 3.73. The Morgan fingerprint density at radius 1 is 1.24 bits per heavy atom. The Labute approximate surface area is 125 Å². The van der Waals surface area contributed by atoms with Gasteiger partial charge in [-0.15, -0.1) is 0 Å². The van der Waals surface area contributed by atoms with E-state index in [1.165, 1.54) is 16.0 Å². The monoisotopic (exact) mass is 290 g/mol. The molecule has 0 atom stereocenters. The number of carboxylic acid groups (broad SMARTS) is 1. The van der Waals surface area contributed by atoms with Crippen LogP contribution in [0, 0.1) is 0 Å². The zero-order valence-electron chi connectivity index (χ0n) is 12.7. The van der Waals surface area contributed by atoms with E-state index in [0.29, 0.717) is 0 Å². The summed E-state index contributed by atoms with van der Waals surface area (Å²) in [6.07, 6.45) is 1.60. The highest BCUT2D eigenvalue weighted by atomic mass is 16.4. The maximum absolute atomic E-state index is 12.4. The minimum absolute atomic E-state index is 0.0357. The van der Waals surface area contributed by atoms with Crippen molar-refractivity contribution in [1.29, 1.82) is 0 Å². The van der Waals surface area contributed by atoms with Crippen molar-refractivity contribution in [2.45, 2.75) is 45.2 Å². The average molecular weight is 290 g/mol. The maximum Gasteiger partial charge on any atom is 0.323 e. The summed E-state index contributed by atoms with van der Waals surface area (Å²) in [4.78, 5) is 24.7. The first kappa shape index (κ1) is 15.4. The molecule has 1 aliphatic carbocycles. The van der Waals surface area contributed by atoms with Crippen LogP contribution in [0.15, 0.2) is 24.3 Å². The summed E-state index contributed by atoms with van der Waals surface area (Å²) in [6, 6.07) is 7.85. The number of aliphatic carboxylic acids is 1. The fourth-order valence-corrected chi connectivity index (χ4v) is 2.66. The van der Waals surface area contributed by atoms with Crippen LogP contribution in [-0.2, 0) is 17.6 Å². The van der Waals surface area contributed by atoms with Crippen molar-refractivity contribution in [3.05, 3.63) is 35.4 Å². The molecule has 0 radical (unpaired) electrons. The van der Waals surface area contributed by atoms with Crippen molar-refractivity contribution >= 4 is 12.0 Å². The molecular formula is C16H22N2O3. The highest BCUT2D eigenvalue weighted by molar-refractivity contribution is 5.81. The minimum atomic E-state index is -1.00. The van der Waals surface area contributed by atoms with Crippen LogP contribution in [0.3, 0.4) is 0 Å². The average Bonchev–Trinajstić information content (AvgIpc) is 2.76. The smallest absolute Gasteiger partial charge is 0.323 e. The standard InChI is InChI=1S/C16H22N2O3/c1-16(2,3)18(10-14(19)20)15(21)17-13-8-11-6-4-5-7-12(11)9-13/h4-7,13H,8-10H2,1-3H3,(H,17,21)(H,19,20). The highest BCUT2D eigenvalue weighted by Gasteiger charge is 2.31. The van der Waals surface area contributed by atoms with E-state index in [2.05, 4.69) is 17.4 Å². The van der Waals surface area contributed by atoms with Crippen LogP contribution in [0.25, 0.3) is 0 Å². The van der Waals surface area contributed by atoms with E-state index in [0.717, 1.165) is 12.8 Å². The molecule has 0 heterocycles. The van der Waals surface area contributed by atoms with Crippen LogP contribution in [0.2, 0.25) is 0 Å². The van der Waals surface area contributed by atoms with Crippen molar-refractivity contribution in [2.24, 2.45) is 0 Å². The third kappa shape index (κ3) is 3.74. The van der Waals surface area contributed by atoms with Gasteiger partial charge in [0, 0.05) is 11.6 Å². The zero-order chi connectivity index (χ0) is 15.6. The predicted molar refractivity (Wildman–Crippen MR) is 80.3 cm³/mol.